The van der Waals surface area contributed by atoms with E-state index < -0.39 is 10.0 Å². The van der Waals surface area contributed by atoms with Gasteiger partial charge in [0, 0.05) is 24.0 Å². The first-order chi connectivity index (χ1) is 13.5. The summed E-state index contributed by atoms with van der Waals surface area (Å²) in [5, 5.41) is 6.02. The predicted octanol–water partition coefficient (Wildman–Crippen LogP) is 4.27. The zero-order chi connectivity index (χ0) is 19.7. The maximum absolute atomic E-state index is 13.0. The molecule has 0 saturated heterocycles. The van der Waals surface area contributed by atoms with Crippen molar-refractivity contribution in [1.82, 2.24) is 4.98 Å². The zero-order valence-corrected chi connectivity index (χ0v) is 17.0. The number of fused-ring (bicyclic) bond motifs is 1. The first kappa shape index (κ1) is 18.9. The van der Waals surface area contributed by atoms with E-state index in [0.29, 0.717) is 19.5 Å². The molecule has 0 atom stereocenters. The van der Waals surface area contributed by atoms with Gasteiger partial charge in [0.15, 0.2) is 5.13 Å². The van der Waals surface area contributed by atoms with E-state index in [1.54, 1.807) is 19.1 Å². The van der Waals surface area contributed by atoms with Gasteiger partial charge >= 0.3 is 0 Å². The highest BCUT2D eigenvalue weighted by atomic mass is 32.2. The molecule has 0 spiro atoms. The smallest absolute Gasteiger partial charge is 0.234 e. The molecule has 1 aliphatic heterocycles. The van der Waals surface area contributed by atoms with Gasteiger partial charge in [0.2, 0.25) is 10.0 Å². The van der Waals surface area contributed by atoms with Crippen molar-refractivity contribution in [1.29, 1.82) is 0 Å². The highest BCUT2D eigenvalue weighted by Crippen LogP contribution is 2.35. The van der Waals surface area contributed by atoms with Gasteiger partial charge in [0.1, 0.15) is 5.82 Å². The molecule has 5 nitrogen and oxygen atoms in total. The Morgan fingerprint density at radius 1 is 1.21 bits per heavy atom. The van der Waals surface area contributed by atoms with E-state index in [1.165, 1.54) is 27.8 Å². The largest absolute Gasteiger partial charge is 0.357 e. The fourth-order valence-electron chi connectivity index (χ4n) is 3.24. The van der Waals surface area contributed by atoms with Crippen molar-refractivity contribution >= 4 is 32.2 Å². The lowest BCUT2D eigenvalue weighted by molar-refractivity contribution is 0.593. The van der Waals surface area contributed by atoms with Gasteiger partial charge in [-0.2, -0.15) is 0 Å². The lowest BCUT2D eigenvalue weighted by atomic mass is 10.1. The van der Waals surface area contributed by atoms with Gasteiger partial charge in [-0.25, -0.2) is 17.8 Å². The van der Waals surface area contributed by atoms with Crippen molar-refractivity contribution in [2.24, 2.45) is 0 Å². The van der Waals surface area contributed by atoms with E-state index in [9.17, 15) is 12.8 Å². The third-order valence-corrected chi connectivity index (χ3v) is 7.37. The first-order valence-corrected chi connectivity index (χ1v) is 11.5. The van der Waals surface area contributed by atoms with Crippen LogP contribution in [0.3, 0.4) is 0 Å². The molecule has 1 N–H and O–H groups in total. The Hall–Kier alpha value is -2.45. The minimum absolute atomic E-state index is 0.101. The highest BCUT2D eigenvalue weighted by molar-refractivity contribution is 7.92. The van der Waals surface area contributed by atoms with E-state index in [-0.39, 0.29) is 11.6 Å². The topological polar surface area (TPSA) is 62.3 Å². The molecule has 28 heavy (non-hydrogen) atoms. The SMILES string of the molecule is CCS(=O)(=O)N1CCc2cc(-c3csc(NCc4ccc(F)cc4)n3)ccc21. The van der Waals surface area contributed by atoms with E-state index >= 15 is 0 Å². The van der Waals surface area contributed by atoms with Crippen LogP contribution in [0.2, 0.25) is 0 Å². The molecule has 0 radical (unpaired) electrons. The molecule has 8 heteroatoms. The Labute approximate surface area is 167 Å². The third-order valence-electron chi connectivity index (χ3n) is 4.79. The van der Waals surface area contributed by atoms with Gasteiger partial charge in [-0.05, 0) is 48.7 Å². The number of nitrogens with zero attached hydrogens (tertiary/aromatic N) is 2. The standard InChI is InChI=1S/C20H20FN3O2S2/c1-2-28(25,26)24-10-9-16-11-15(5-8-19(16)24)18-13-27-20(23-18)22-12-14-3-6-17(21)7-4-14/h3-8,11,13H,2,9-10,12H2,1H3,(H,22,23). The van der Waals surface area contributed by atoms with Crippen LogP contribution in [-0.2, 0) is 23.0 Å². The summed E-state index contributed by atoms with van der Waals surface area (Å²) in [4.78, 5) is 4.62. The maximum Gasteiger partial charge on any atom is 0.234 e. The molecule has 2 aromatic carbocycles. The second-order valence-electron chi connectivity index (χ2n) is 6.58. The van der Waals surface area contributed by atoms with Gasteiger partial charge in [0.05, 0.1) is 17.1 Å². The van der Waals surface area contributed by atoms with Crippen LogP contribution >= 0.6 is 11.3 Å². The van der Waals surface area contributed by atoms with Crippen LogP contribution < -0.4 is 9.62 Å². The van der Waals surface area contributed by atoms with Crippen LogP contribution in [0.15, 0.2) is 47.8 Å². The molecule has 0 aliphatic carbocycles. The average molecular weight is 418 g/mol. The summed E-state index contributed by atoms with van der Waals surface area (Å²) in [6.07, 6.45) is 0.711. The van der Waals surface area contributed by atoms with Crippen molar-refractivity contribution in [2.45, 2.75) is 19.9 Å². The van der Waals surface area contributed by atoms with Crippen LogP contribution in [0.25, 0.3) is 11.3 Å². The minimum atomic E-state index is -3.23. The number of aromatic nitrogens is 1. The number of anilines is 2. The summed E-state index contributed by atoms with van der Waals surface area (Å²) in [6.45, 7) is 2.73. The van der Waals surface area contributed by atoms with Crippen LogP contribution in [0, 0.1) is 5.82 Å². The van der Waals surface area contributed by atoms with E-state index in [0.717, 1.165) is 33.2 Å². The Morgan fingerprint density at radius 3 is 2.75 bits per heavy atom. The van der Waals surface area contributed by atoms with Crippen LogP contribution in [0.1, 0.15) is 18.1 Å². The third kappa shape index (κ3) is 3.74. The molecule has 0 fully saturated rings. The number of halogens is 1. The van der Waals surface area contributed by atoms with Crippen molar-refractivity contribution < 1.29 is 12.8 Å². The number of sulfonamides is 1. The van der Waals surface area contributed by atoms with E-state index in [2.05, 4.69) is 10.3 Å². The van der Waals surface area contributed by atoms with Gasteiger partial charge in [-0.3, -0.25) is 4.31 Å². The van der Waals surface area contributed by atoms with Crippen molar-refractivity contribution in [3.8, 4) is 11.3 Å². The second-order valence-corrected chi connectivity index (χ2v) is 9.62. The summed E-state index contributed by atoms with van der Waals surface area (Å²) in [5.41, 5.74) is 4.61. The van der Waals surface area contributed by atoms with Gasteiger partial charge in [0.25, 0.3) is 0 Å². The van der Waals surface area contributed by atoms with E-state index in [4.69, 9.17) is 0 Å². The quantitative estimate of drug-likeness (QED) is 0.651. The summed E-state index contributed by atoms with van der Waals surface area (Å²) in [5.74, 6) is -0.147. The molecule has 3 aromatic rings. The van der Waals surface area contributed by atoms with Crippen LogP contribution in [-0.4, -0.2) is 25.7 Å². The summed E-state index contributed by atoms with van der Waals surface area (Å²) >= 11 is 1.51. The summed E-state index contributed by atoms with van der Waals surface area (Å²) in [7, 11) is -3.23. The molecule has 146 valence electrons. The normalized spacial score (nSPS) is 13.6. The van der Waals surface area contributed by atoms with Crippen molar-refractivity contribution in [3.05, 3.63) is 64.8 Å². The lowest BCUT2D eigenvalue weighted by Gasteiger charge is -2.18. The maximum atomic E-state index is 13.0. The molecular formula is C20H20FN3O2S2. The van der Waals surface area contributed by atoms with Gasteiger partial charge in [-0.15, -0.1) is 11.3 Å². The zero-order valence-electron chi connectivity index (χ0n) is 15.4. The van der Waals surface area contributed by atoms with Crippen LogP contribution in [0.4, 0.5) is 15.2 Å². The predicted molar refractivity (Wildman–Crippen MR) is 112 cm³/mol. The second kappa shape index (κ2) is 7.52. The molecule has 1 aromatic heterocycles. The number of hydrogen-bond acceptors (Lipinski definition) is 5. The lowest BCUT2D eigenvalue weighted by Crippen LogP contribution is -2.30. The Bertz CT molecular complexity index is 1090. The number of rotatable bonds is 6. The summed E-state index contributed by atoms with van der Waals surface area (Å²) in [6, 6.07) is 12.2. The fraction of sp³-hybridized carbons (Fsp3) is 0.250. The molecular weight excluding hydrogens is 397 g/mol. The Morgan fingerprint density at radius 2 is 2.00 bits per heavy atom. The highest BCUT2D eigenvalue weighted by Gasteiger charge is 2.28. The number of nitrogens with one attached hydrogen (secondary N) is 1. The number of benzene rings is 2. The number of hydrogen-bond donors (Lipinski definition) is 1. The molecule has 1 aliphatic rings. The monoisotopic (exact) mass is 417 g/mol. The Kier molecular flexibility index (Phi) is 5.07. The van der Waals surface area contributed by atoms with Gasteiger partial charge < -0.3 is 5.32 Å². The fourth-order valence-corrected chi connectivity index (χ4v) is 5.12. The number of thiazole rings is 1. The molecule has 0 amide bonds. The van der Waals surface area contributed by atoms with E-state index in [1.807, 2.05) is 23.6 Å². The first-order valence-electron chi connectivity index (χ1n) is 9.04. The van der Waals surface area contributed by atoms with Crippen LogP contribution in [0.5, 0.6) is 0 Å². The molecule has 0 bridgehead atoms. The van der Waals surface area contributed by atoms with Crippen molar-refractivity contribution in [2.75, 3.05) is 21.9 Å². The molecule has 0 unspecified atom stereocenters. The minimum Gasteiger partial charge on any atom is -0.357 e. The van der Waals surface area contributed by atoms with Gasteiger partial charge in [-0.1, -0.05) is 18.2 Å². The Balaban J connectivity index is 1.49. The summed E-state index contributed by atoms with van der Waals surface area (Å²) < 4.78 is 38.9. The average Bonchev–Trinajstić information content (AvgIpc) is 3.34. The molecule has 4 rings (SSSR count). The van der Waals surface area contributed by atoms with Crippen molar-refractivity contribution in [3.63, 3.8) is 0 Å². The molecule has 0 saturated carbocycles. The molecule has 2 heterocycles.